The minimum Gasteiger partial charge on any atom is -0.493 e. The minimum atomic E-state index is -0.119. The number of amides is 1. The maximum Gasteiger partial charge on any atom is 0.228 e. The smallest absolute Gasteiger partial charge is 0.228 e. The zero-order chi connectivity index (χ0) is 18.4. The van der Waals surface area contributed by atoms with Gasteiger partial charge >= 0.3 is 0 Å². The summed E-state index contributed by atoms with van der Waals surface area (Å²) in [6.45, 7) is 0. The second-order valence-electron chi connectivity index (χ2n) is 5.70. The summed E-state index contributed by atoms with van der Waals surface area (Å²) in [5.41, 5.74) is 2.60. The van der Waals surface area contributed by atoms with Gasteiger partial charge in [0.2, 0.25) is 11.7 Å². The van der Waals surface area contributed by atoms with Crippen LogP contribution in [0.15, 0.2) is 36.4 Å². The highest BCUT2D eigenvalue weighted by Crippen LogP contribution is 2.38. The number of nitrogens with one attached hydrogen (secondary N) is 1. The molecule has 0 aliphatic carbocycles. The van der Waals surface area contributed by atoms with Gasteiger partial charge < -0.3 is 24.4 Å². The molecule has 0 aromatic heterocycles. The molecule has 0 aliphatic rings. The van der Waals surface area contributed by atoms with E-state index in [0.29, 0.717) is 17.2 Å². The van der Waals surface area contributed by atoms with Crippen LogP contribution < -0.4 is 24.4 Å². The van der Waals surface area contributed by atoms with E-state index in [0.717, 1.165) is 16.9 Å². The van der Waals surface area contributed by atoms with Crippen LogP contribution in [0.25, 0.3) is 0 Å². The van der Waals surface area contributed by atoms with Gasteiger partial charge in [-0.3, -0.25) is 4.79 Å². The third-order valence-electron chi connectivity index (χ3n) is 3.76. The average Bonchev–Trinajstić information content (AvgIpc) is 2.61. The molecular formula is C19H24N2O4. The molecule has 0 bridgehead atoms. The molecule has 25 heavy (non-hydrogen) atoms. The van der Waals surface area contributed by atoms with Gasteiger partial charge in [0.05, 0.1) is 27.8 Å². The number of ether oxygens (including phenoxy) is 3. The molecule has 0 atom stereocenters. The lowest BCUT2D eigenvalue weighted by Crippen LogP contribution is -2.15. The topological polar surface area (TPSA) is 60.0 Å². The molecule has 0 unspecified atom stereocenters. The Bertz CT molecular complexity index is 702. The van der Waals surface area contributed by atoms with E-state index in [1.165, 1.54) is 0 Å². The fourth-order valence-electron chi connectivity index (χ4n) is 2.47. The average molecular weight is 344 g/mol. The third kappa shape index (κ3) is 4.56. The van der Waals surface area contributed by atoms with Crippen molar-refractivity contribution in [1.82, 2.24) is 0 Å². The molecule has 0 aliphatic heterocycles. The summed E-state index contributed by atoms with van der Waals surface area (Å²) in [6, 6.07) is 11.2. The zero-order valence-electron chi connectivity index (χ0n) is 15.3. The molecule has 0 saturated carbocycles. The van der Waals surface area contributed by atoms with E-state index >= 15 is 0 Å². The number of hydrogen-bond donors (Lipinski definition) is 1. The van der Waals surface area contributed by atoms with Crippen LogP contribution in [-0.2, 0) is 11.2 Å². The first-order chi connectivity index (χ1) is 12.0. The van der Waals surface area contributed by atoms with Crippen molar-refractivity contribution in [3.8, 4) is 17.2 Å². The molecule has 0 fully saturated rings. The molecule has 0 heterocycles. The van der Waals surface area contributed by atoms with Crippen LogP contribution in [0.4, 0.5) is 11.4 Å². The van der Waals surface area contributed by atoms with Crippen LogP contribution in [0, 0.1) is 0 Å². The van der Waals surface area contributed by atoms with Gasteiger partial charge in [-0.05, 0) is 42.0 Å². The summed E-state index contributed by atoms with van der Waals surface area (Å²) in [4.78, 5) is 14.3. The highest BCUT2D eigenvalue weighted by Gasteiger charge is 2.15. The Kier molecular flexibility index (Phi) is 6.11. The molecule has 6 heteroatoms. The van der Waals surface area contributed by atoms with Crippen LogP contribution in [0.1, 0.15) is 5.56 Å². The van der Waals surface area contributed by atoms with E-state index in [-0.39, 0.29) is 12.3 Å². The minimum absolute atomic E-state index is 0.119. The molecule has 1 N–H and O–H groups in total. The summed E-state index contributed by atoms with van der Waals surface area (Å²) in [5, 5.41) is 2.89. The summed E-state index contributed by atoms with van der Waals surface area (Å²) < 4.78 is 15.9. The van der Waals surface area contributed by atoms with E-state index < -0.39 is 0 Å². The summed E-state index contributed by atoms with van der Waals surface area (Å²) in [5.74, 6) is 1.44. The van der Waals surface area contributed by atoms with Gasteiger partial charge in [0.15, 0.2) is 11.5 Å². The van der Waals surface area contributed by atoms with Crippen molar-refractivity contribution in [1.29, 1.82) is 0 Å². The fourth-order valence-corrected chi connectivity index (χ4v) is 2.47. The van der Waals surface area contributed by atoms with Crippen molar-refractivity contribution in [2.24, 2.45) is 0 Å². The molecule has 2 aromatic carbocycles. The summed E-state index contributed by atoms with van der Waals surface area (Å²) in [6.07, 6.45) is 0.201. The van der Waals surface area contributed by atoms with Gasteiger partial charge in [-0.1, -0.05) is 0 Å². The Hall–Kier alpha value is -2.89. The highest BCUT2D eigenvalue weighted by atomic mass is 16.5. The van der Waals surface area contributed by atoms with E-state index in [1.807, 2.05) is 43.3 Å². The number of hydrogen-bond acceptors (Lipinski definition) is 5. The number of rotatable bonds is 7. The van der Waals surface area contributed by atoms with Gasteiger partial charge in [-0.15, -0.1) is 0 Å². The summed E-state index contributed by atoms with van der Waals surface area (Å²) >= 11 is 0. The predicted molar refractivity (Wildman–Crippen MR) is 99.2 cm³/mol. The largest absolute Gasteiger partial charge is 0.493 e. The van der Waals surface area contributed by atoms with Crippen LogP contribution >= 0.6 is 0 Å². The van der Waals surface area contributed by atoms with Gasteiger partial charge in [0, 0.05) is 25.5 Å². The SMILES string of the molecule is COc1cc(CC(=O)Nc2ccc(N(C)C)cc2)cc(OC)c1OC. The number of methoxy groups -OCH3 is 3. The Morgan fingerprint density at radius 2 is 1.52 bits per heavy atom. The van der Waals surface area contributed by atoms with Crippen molar-refractivity contribution >= 4 is 17.3 Å². The van der Waals surface area contributed by atoms with Crippen LogP contribution in [0.3, 0.4) is 0 Å². The molecule has 0 spiro atoms. The molecule has 134 valence electrons. The highest BCUT2D eigenvalue weighted by molar-refractivity contribution is 5.92. The van der Waals surface area contributed by atoms with E-state index in [9.17, 15) is 4.79 Å². The Balaban J connectivity index is 2.12. The van der Waals surface area contributed by atoms with Gasteiger partial charge in [-0.25, -0.2) is 0 Å². The standard InChI is InChI=1S/C19H24N2O4/c1-21(2)15-8-6-14(7-9-15)20-18(22)12-13-10-16(23-3)19(25-5)17(11-13)24-4/h6-11H,12H2,1-5H3,(H,20,22). The molecular weight excluding hydrogens is 320 g/mol. The van der Waals surface area contributed by atoms with Crippen molar-refractivity contribution in [3.05, 3.63) is 42.0 Å². The maximum absolute atomic E-state index is 12.3. The Labute approximate surface area is 148 Å². The first-order valence-electron chi connectivity index (χ1n) is 7.84. The molecule has 6 nitrogen and oxygen atoms in total. The lowest BCUT2D eigenvalue weighted by atomic mass is 10.1. The van der Waals surface area contributed by atoms with Crippen molar-refractivity contribution < 1.29 is 19.0 Å². The molecule has 0 radical (unpaired) electrons. The quantitative estimate of drug-likeness (QED) is 0.837. The van der Waals surface area contributed by atoms with Crippen LogP contribution in [-0.4, -0.2) is 41.3 Å². The van der Waals surface area contributed by atoms with Crippen molar-refractivity contribution in [2.75, 3.05) is 45.6 Å². The van der Waals surface area contributed by atoms with Crippen molar-refractivity contribution in [3.63, 3.8) is 0 Å². The van der Waals surface area contributed by atoms with Crippen molar-refractivity contribution in [2.45, 2.75) is 6.42 Å². The van der Waals surface area contributed by atoms with E-state index in [2.05, 4.69) is 5.32 Å². The van der Waals surface area contributed by atoms with E-state index in [4.69, 9.17) is 14.2 Å². The second-order valence-corrected chi connectivity index (χ2v) is 5.70. The number of carbonyl (C=O) groups is 1. The Morgan fingerprint density at radius 3 is 1.96 bits per heavy atom. The monoisotopic (exact) mass is 344 g/mol. The first kappa shape index (κ1) is 18.4. The fraction of sp³-hybridized carbons (Fsp3) is 0.316. The van der Waals surface area contributed by atoms with Crippen LogP contribution in [0.5, 0.6) is 17.2 Å². The normalized spacial score (nSPS) is 10.1. The third-order valence-corrected chi connectivity index (χ3v) is 3.76. The van der Waals surface area contributed by atoms with E-state index in [1.54, 1.807) is 33.5 Å². The zero-order valence-corrected chi connectivity index (χ0v) is 15.3. The molecule has 2 rings (SSSR count). The maximum atomic E-state index is 12.3. The molecule has 0 saturated heterocycles. The number of nitrogens with zero attached hydrogens (tertiary/aromatic N) is 1. The second kappa shape index (κ2) is 8.28. The van der Waals surface area contributed by atoms with Gasteiger partial charge in [-0.2, -0.15) is 0 Å². The molecule has 1 amide bonds. The first-order valence-corrected chi connectivity index (χ1v) is 7.84. The van der Waals surface area contributed by atoms with Crippen LogP contribution in [0.2, 0.25) is 0 Å². The lowest BCUT2D eigenvalue weighted by Gasteiger charge is -2.15. The summed E-state index contributed by atoms with van der Waals surface area (Å²) in [7, 11) is 8.58. The predicted octanol–water partition coefficient (Wildman–Crippen LogP) is 2.96. The number of carbonyl (C=O) groups excluding carboxylic acids is 1. The van der Waals surface area contributed by atoms with Gasteiger partial charge in [0.1, 0.15) is 0 Å². The molecule has 2 aromatic rings. The Morgan fingerprint density at radius 1 is 0.960 bits per heavy atom. The number of anilines is 2. The van der Waals surface area contributed by atoms with Gasteiger partial charge in [0.25, 0.3) is 0 Å². The number of benzene rings is 2. The lowest BCUT2D eigenvalue weighted by molar-refractivity contribution is -0.115.